The molecule has 0 radical (unpaired) electrons. The summed E-state index contributed by atoms with van der Waals surface area (Å²) in [5, 5.41) is 2.59. The summed E-state index contributed by atoms with van der Waals surface area (Å²) in [4.78, 5) is 2.27. The summed E-state index contributed by atoms with van der Waals surface area (Å²) in [6, 6.07) is 22.2. The zero-order valence-corrected chi connectivity index (χ0v) is 15.9. The Morgan fingerprint density at radius 1 is 0.923 bits per heavy atom. The monoisotopic (exact) mass is 345 g/mol. The normalized spacial score (nSPS) is 19.7. The van der Waals surface area contributed by atoms with Crippen molar-refractivity contribution in [3.05, 3.63) is 71.8 Å². The van der Waals surface area contributed by atoms with Crippen LogP contribution in [0.5, 0.6) is 0 Å². The number of rotatable bonds is 4. The van der Waals surface area contributed by atoms with E-state index >= 15 is 0 Å². The highest BCUT2D eigenvalue weighted by atomic mass is 16.5. The summed E-state index contributed by atoms with van der Waals surface area (Å²) in [7, 11) is 6.13. The standard InChI is InChI=1S/C24H27NO/c1-25(2)16-22-11-10-21-15-20(12-13-23(21)24(22)26-3)19-9-8-17-6-4-5-7-18(17)14-19/h4-9,12-15,22,24H,10-11,16H2,1-3H3. The van der Waals surface area contributed by atoms with Gasteiger partial charge in [-0.1, -0.05) is 54.6 Å². The molecule has 0 bridgehead atoms. The van der Waals surface area contributed by atoms with E-state index in [1.807, 2.05) is 7.11 Å². The minimum Gasteiger partial charge on any atom is -0.376 e. The lowest BCUT2D eigenvalue weighted by atomic mass is 9.80. The van der Waals surface area contributed by atoms with Gasteiger partial charge in [-0.3, -0.25) is 0 Å². The van der Waals surface area contributed by atoms with Crippen molar-refractivity contribution in [2.75, 3.05) is 27.7 Å². The summed E-state index contributed by atoms with van der Waals surface area (Å²) in [5.41, 5.74) is 5.40. The van der Waals surface area contributed by atoms with Gasteiger partial charge in [-0.05, 0) is 66.0 Å². The molecule has 3 aromatic rings. The smallest absolute Gasteiger partial charge is 0.0864 e. The number of ether oxygens (including phenoxy) is 1. The Kier molecular flexibility index (Phi) is 4.80. The zero-order chi connectivity index (χ0) is 18.1. The van der Waals surface area contributed by atoms with E-state index in [9.17, 15) is 0 Å². The van der Waals surface area contributed by atoms with Crippen molar-refractivity contribution >= 4 is 10.8 Å². The maximum absolute atomic E-state index is 5.91. The number of aryl methyl sites for hydroxylation is 1. The molecule has 0 spiro atoms. The average molecular weight is 345 g/mol. The minimum absolute atomic E-state index is 0.201. The van der Waals surface area contributed by atoms with Crippen molar-refractivity contribution < 1.29 is 4.74 Å². The average Bonchev–Trinajstić information content (AvgIpc) is 2.66. The lowest BCUT2D eigenvalue weighted by Gasteiger charge is -2.34. The van der Waals surface area contributed by atoms with Crippen LogP contribution in [-0.2, 0) is 11.2 Å². The van der Waals surface area contributed by atoms with Gasteiger partial charge in [0.15, 0.2) is 0 Å². The first-order valence-electron chi connectivity index (χ1n) is 9.45. The van der Waals surface area contributed by atoms with Gasteiger partial charge in [0.1, 0.15) is 0 Å². The van der Waals surface area contributed by atoms with Crippen LogP contribution in [0.15, 0.2) is 60.7 Å². The molecule has 0 amide bonds. The van der Waals surface area contributed by atoms with Crippen LogP contribution in [0, 0.1) is 5.92 Å². The van der Waals surface area contributed by atoms with Crippen LogP contribution in [0.2, 0.25) is 0 Å². The number of benzene rings is 3. The molecule has 0 saturated carbocycles. The van der Waals surface area contributed by atoms with Crippen molar-refractivity contribution in [2.45, 2.75) is 18.9 Å². The Bertz CT molecular complexity index is 915. The Labute approximate surface area is 156 Å². The van der Waals surface area contributed by atoms with Crippen LogP contribution in [0.4, 0.5) is 0 Å². The maximum Gasteiger partial charge on any atom is 0.0864 e. The SMILES string of the molecule is COC1c2ccc(-c3ccc4ccccc4c3)cc2CCC1CN(C)C. The third-order valence-electron chi connectivity index (χ3n) is 5.60. The van der Waals surface area contributed by atoms with E-state index in [0.717, 1.165) is 13.0 Å². The summed E-state index contributed by atoms with van der Waals surface area (Å²) in [6.45, 7) is 1.07. The lowest BCUT2D eigenvalue weighted by molar-refractivity contribution is 0.0299. The largest absolute Gasteiger partial charge is 0.376 e. The molecule has 3 aromatic carbocycles. The van der Waals surface area contributed by atoms with Crippen molar-refractivity contribution in [3.63, 3.8) is 0 Å². The van der Waals surface area contributed by atoms with Crippen LogP contribution in [0.25, 0.3) is 21.9 Å². The topological polar surface area (TPSA) is 12.5 Å². The second-order valence-corrected chi connectivity index (χ2v) is 7.69. The fourth-order valence-corrected chi connectivity index (χ4v) is 4.37. The van der Waals surface area contributed by atoms with Gasteiger partial charge < -0.3 is 9.64 Å². The van der Waals surface area contributed by atoms with Gasteiger partial charge in [0.25, 0.3) is 0 Å². The molecule has 1 aliphatic carbocycles. The fourth-order valence-electron chi connectivity index (χ4n) is 4.37. The van der Waals surface area contributed by atoms with E-state index < -0.39 is 0 Å². The minimum atomic E-state index is 0.201. The zero-order valence-electron chi connectivity index (χ0n) is 15.9. The van der Waals surface area contributed by atoms with Gasteiger partial charge in [0, 0.05) is 19.6 Å². The Hall–Kier alpha value is -2.16. The molecule has 4 rings (SSSR count). The summed E-state index contributed by atoms with van der Waals surface area (Å²) >= 11 is 0. The van der Waals surface area contributed by atoms with Crippen LogP contribution in [0.1, 0.15) is 23.7 Å². The number of methoxy groups -OCH3 is 1. The summed E-state index contributed by atoms with van der Waals surface area (Å²) in [6.07, 6.45) is 2.52. The van der Waals surface area contributed by atoms with Crippen molar-refractivity contribution in [1.29, 1.82) is 0 Å². The molecule has 2 atom stereocenters. The highest BCUT2D eigenvalue weighted by molar-refractivity contribution is 5.87. The molecule has 0 N–H and O–H groups in total. The van der Waals surface area contributed by atoms with E-state index in [1.165, 1.54) is 39.4 Å². The molecule has 2 unspecified atom stereocenters. The predicted molar refractivity (Wildman–Crippen MR) is 109 cm³/mol. The van der Waals surface area contributed by atoms with Gasteiger partial charge >= 0.3 is 0 Å². The molecular formula is C24H27NO. The quantitative estimate of drug-likeness (QED) is 0.635. The molecule has 0 aromatic heterocycles. The first kappa shape index (κ1) is 17.3. The molecular weight excluding hydrogens is 318 g/mol. The predicted octanol–water partition coefficient (Wildman–Crippen LogP) is 5.32. The molecule has 2 nitrogen and oxygen atoms in total. The van der Waals surface area contributed by atoms with Crippen LogP contribution < -0.4 is 0 Å². The second kappa shape index (κ2) is 7.22. The van der Waals surface area contributed by atoms with Gasteiger partial charge in [0.2, 0.25) is 0 Å². The number of hydrogen-bond donors (Lipinski definition) is 0. The van der Waals surface area contributed by atoms with Crippen molar-refractivity contribution in [1.82, 2.24) is 4.90 Å². The molecule has 1 aliphatic rings. The number of fused-ring (bicyclic) bond motifs is 2. The first-order chi connectivity index (χ1) is 12.7. The Balaban J connectivity index is 1.68. The van der Waals surface area contributed by atoms with Gasteiger partial charge in [-0.15, -0.1) is 0 Å². The van der Waals surface area contributed by atoms with Crippen LogP contribution in [-0.4, -0.2) is 32.6 Å². The van der Waals surface area contributed by atoms with E-state index in [4.69, 9.17) is 4.74 Å². The first-order valence-corrected chi connectivity index (χ1v) is 9.45. The third kappa shape index (κ3) is 3.27. The van der Waals surface area contributed by atoms with E-state index in [1.54, 1.807) is 0 Å². The number of hydrogen-bond acceptors (Lipinski definition) is 2. The van der Waals surface area contributed by atoms with E-state index in [-0.39, 0.29) is 6.10 Å². The van der Waals surface area contributed by atoms with Crippen molar-refractivity contribution in [3.8, 4) is 11.1 Å². The molecule has 0 heterocycles. The molecule has 0 saturated heterocycles. The molecule has 0 fully saturated rings. The van der Waals surface area contributed by atoms with E-state index in [2.05, 4.69) is 79.7 Å². The van der Waals surface area contributed by atoms with E-state index in [0.29, 0.717) is 5.92 Å². The highest BCUT2D eigenvalue weighted by Gasteiger charge is 2.30. The summed E-state index contributed by atoms with van der Waals surface area (Å²) in [5.74, 6) is 0.564. The summed E-state index contributed by atoms with van der Waals surface area (Å²) < 4.78 is 5.91. The van der Waals surface area contributed by atoms with Gasteiger partial charge in [-0.25, -0.2) is 0 Å². The molecule has 0 aliphatic heterocycles. The maximum atomic E-state index is 5.91. The Morgan fingerprint density at radius 3 is 2.42 bits per heavy atom. The molecule has 134 valence electrons. The number of nitrogens with zero attached hydrogens (tertiary/aromatic N) is 1. The van der Waals surface area contributed by atoms with Crippen LogP contribution >= 0.6 is 0 Å². The van der Waals surface area contributed by atoms with Crippen LogP contribution in [0.3, 0.4) is 0 Å². The molecule has 2 heteroatoms. The Morgan fingerprint density at radius 2 is 1.65 bits per heavy atom. The van der Waals surface area contributed by atoms with Crippen molar-refractivity contribution in [2.24, 2.45) is 5.92 Å². The second-order valence-electron chi connectivity index (χ2n) is 7.69. The third-order valence-corrected chi connectivity index (χ3v) is 5.60. The molecule has 26 heavy (non-hydrogen) atoms. The fraction of sp³-hybridized carbons (Fsp3) is 0.333. The highest BCUT2D eigenvalue weighted by Crippen LogP contribution is 2.39. The van der Waals surface area contributed by atoms with Gasteiger partial charge in [0.05, 0.1) is 6.10 Å². The lowest BCUT2D eigenvalue weighted by Crippen LogP contribution is -2.31. The van der Waals surface area contributed by atoms with Gasteiger partial charge in [-0.2, -0.15) is 0 Å².